The van der Waals surface area contributed by atoms with Gasteiger partial charge in [-0.1, -0.05) is 0 Å². The summed E-state index contributed by atoms with van der Waals surface area (Å²) >= 11 is 0. The van der Waals surface area contributed by atoms with Gasteiger partial charge in [-0.05, 0) is 20.0 Å². The van der Waals surface area contributed by atoms with Crippen molar-refractivity contribution in [3.8, 4) is 0 Å². The molecule has 2 heterocycles. The summed E-state index contributed by atoms with van der Waals surface area (Å²) in [5, 5.41) is 3.34. The molecule has 0 spiro atoms. The van der Waals surface area contributed by atoms with Gasteiger partial charge in [-0.3, -0.25) is 14.7 Å². The standard InChI is InChI=1S/C12H21N5O.ClH/c1-16(2)12-14-9(6-11(18)15-12)8-17(3)10-4-5-13-7-10;/h6,10,13H,4-5,7-8H2,1-3H3,(H,14,15,18);1H. The molecule has 6 nitrogen and oxygen atoms in total. The van der Waals surface area contributed by atoms with Crippen molar-refractivity contribution in [1.82, 2.24) is 20.2 Å². The molecule has 1 aliphatic heterocycles. The number of nitrogens with zero attached hydrogens (tertiary/aromatic N) is 3. The van der Waals surface area contributed by atoms with E-state index in [1.807, 2.05) is 19.0 Å². The maximum absolute atomic E-state index is 11.6. The first-order valence-corrected chi connectivity index (χ1v) is 6.25. The summed E-state index contributed by atoms with van der Waals surface area (Å²) in [7, 11) is 5.81. The highest BCUT2D eigenvalue weighted by atomic mass is 35.5. The molecule has 7 heteroatoms. The van der Waals surface area contributed by atoms with Crippen molar-refractivity contribution < 1.29 is 0 Å². The predicted octanol–water partition coefficient (Wildman–Crippen LogP) is 0.0514. The number of H-pyrrole nitrogens is 1. The second kappa shape index (κ2) is 6.88. The van der Waals surface area contributed by atoms with Gasteiger partial charge >= 0.3 is 0 Å². The second-order valence-electron chi connectivity index (χ2n) is 5.02. The van der Waals surface area contributed by atoms with Crippen molar-refractivity contribution in [1.29, 1.82) is 0 Å². The predicted molar refractivity (Wildman–Crippen MR) is 79.2 cm³/mol. The molecule has 1 saturated heterocycles. The SMILES string of the molecule is CN(C)c1nc(CN(C)C2CCNC2)cc(=O)[nH]1.Cl. The third-order valence-electron chi connectivity index (χ3n) is 3.27. The molecular weight excluding hydrogens is 266 g/mol. The highest BCUT2D eigenvalue weighted by Crippen LogP contribution is 2.10. The van der Waals surface area contributed by atoms with Crippen LogP contribution in [0.2, 0.25) is 0 Å². The number of aromatic amines is 1. The molecule has 0 radical (unpaired) electrons. The Morgan fingerprint density at radius 1 is 1.42 bits per heavy atom. The van der Waals surface area contributed by atoms with E-state index < -0.39 is 0 Å². The van der Waals surface area contributed by atoms with Gasteiger partial charge in [0.1, 0.15) is 0 Å². The summed E-state index contributed by atoms with van der Waals surface area (Å²) in [6, 6.07) is 2.11. The van der Waals surface area contributed by atoms with Crippen molar-refractivity contribution in [2.45, 2.75) is 19.0 Å². The van der Waals surface area contributed by atoms with Gasteiger partial charge in [0.15, 0.2) is 0 Å². The number of likely N-dealkylation sites (N-methyl/N-ethyl adjacent to an activating group) is 1. The van der Waals surface area contributed by atoms with E-state index in [-0.39, 0.29) is 18.0 Å². The van der Waals surface area contributed by atoms with Gasteiger partial charge in [0.25, 0.3) is 5.56 Å². The summed E-state index contributed by atoms with van der Waals surface area (Å²) in [6.45, 7) is 2.79. The second-order valence-corrected chi connectivity index (χ2v) is 5.02. The molecule has 0 aromatic carbocycles. The van der Waals surface area contributed by atoms with Gasteiger partial charge in [0, 0.05) is 39.3 Å². The fraction of sp³-hybridized carbons (Fsp3) is 0.667. The molecule has 1 unspecified atom stereocenters. The van der Waals surface area contributed by atoms with Crippen molar-refractivity contribution in [2.24, 2.45) is 0 Å². The first-order valence-electron chi connectivity index (χ1n) is 6.25. The lowest BCUT2D eigenvalue weighted by atomic mass is 10.2. The average molecular weight is 288 g/mol. The Hall–Kier alpha value is -1.11. The zero-order valence-corrected chi connectivity index (χ0v) is 12.5. The number of aromatic nitrogens is 2. The Morgan fingerprint density at radius 2 is 2.16 bits per heavy atom. The third kappa shape index (κ3) is 4.19. The lowest BCUT2D eigenvalue weighted by molar-refractivity contribution is 0.246. The Bertz CT molecular complexity index is 456. The van der Waals surface area contributed by atoms with Crippen LogP contribution in [0.25, 0.3) is 0 Å². The number of halogens is 1. The minimum absolute atomic E-state index is 0. The topological polar surface area (TPSA) is 64.3 Å². The summed E-state index contributed by atoms with van der Waals surface area (Å²) in [4.78, 5) is 22.8. The van der Waals surface area contributed by atoms with Crippen LogP contribution < -0.4 is 15.8 Å². The van der Waals surface area contributed by atoms with Crippen molar-refractivity contribution in [2.75, 3.05) is 39.1 Å². The zero-order valence-electron chi connectivity index (χ0n) is 11.6. The molecular formula is C12H22ClN5O. The fourth-order valence-electron chi connectivity index (χ4n) is 2.19. The minimum Gasteiger partial charge on any atom is -0.348 e. The maximum atomic E-state index is 11.6. The van der Waals surface area contributed by atoms with Gasteiger partial charge in [0.05, 0.1) is 5.69 Å². The molecule has 0 saturated carbocycles. The molecule has 1 aliphatic rings. The van der Waals surface area contributed by atoms with E-state index in [0.717, 1.165) is 25.2 Å². The van der Waals surface area contributed by atoms with E-state index in [1.54, 1.807) is 6.07 Å². The largest absolute Gasteiger partial charge is 0.348 e. The summed E-state index contributed by atoms with van der Waals surface area (Å²) in [5.41, 5.74) is 0.721. The van der Waals surface area contributed by atoms with E-state index in [9.17, 15) is 4.79 Å². The quantitative estimate of drug-likeness (QED) is 0.819. The number of rotatable bonds is 4. The van der Waals surface area contributed by atoms with Crippen LogP contribution in [0.15, 0.2) is 10.9 Å². The van der Waals surface area contributed by atoms with E-state index >= 15 is 0 Å². The number of hydrogen-bond acceptors (Lipinski definition) is 5. The van der Waals surface area contributed by atoms with Gasteiger partial charge < -0.3 is 10.2 Å². The smallest absolute Gasteiger partial charge is 0.252 e. The lowest BCUT2D eigenvalue weighted by Crippen LogP contribution is -2.33. The highest BCUT2D eigenvalue weighted by molar-refractivity contribution is 5.85. The van der Waals surface area contributed by atoms with Crippen LogP contribution >= 0.6 is 12.4 Å². The zero-order chi connectivity index (χ0) is 13.1. The van der Waals surface area contributed by atoms with Crippen LogP contribution in [-0.4, -0.2) is 55.1 Å². The molecule has 2 N–H and O–H groups in total. The Balaban J connectivity index is 0.00000180. The average Bonchev–Trinajstić information content (AvgIpc) is 2.81. The van der Waals surface area contributed by atoms with E-state index in [4.69, 9.17) is 0 Å². The number of nitrogens with one attached hydrogen (secondary N) is 2. The van der Waals surface area contributed by atoms with Crippen molar-refractivity contribution in [3.05, 3.63) is 22.1 Å². The Kier molecular flexibility index (Phi) is 5.78. The molecule has 2 rings (SSSR count). The van der Waals surface area contributed by atoms with Crippen molar-refractivity contribution >= 4 is 18.4 Å². The Morgan fingerprint density at radius 3 is 2.74 bits per heavy atom. The van der Waals surface area contributed by atoms with E-state index in [0.29, 0.717) is 18.5 Å². The van der Waals surface area contributed by atoms with Crippen LogP contribution in [0.4, 0.5) is 5.95 Å². The molecule has 0 aliphatic carbocycles. The first kappa shape index (κ1) is 15.9. The van der Waals surface area contributed by atoms with Crippen LogP contribution in [0.1, 0.15) is 12.1 Å². The normalized spacial score (nSPS) is 18.4. The molecule has 1 aromatic rings. The molecule has 1 atom stereocenters. The molecule has 0 bridgehead atoms. The molecule has 108 valence electrons. The van der Waals surface area contributed by atoms with Gasteiger partial charge in [0.2, 0.25) is 5.95 Å². The van der Waals surface area contributed by atoms with Gasteiger partial charge in [-0.25, -0.2) is 4.98 Å². The van der Waals surface area contributed by atoms with Crippen LogP contribution in [0, 0.1) is 0 Å². The number of hydrogen-bond donors (Lipinski definition) is 2. The fourth-order valence-corrected chi connectivity index (χ4v) is 2.19. The summed E-state index contributed by atoms with van der Waals surface area (Å²) in [5.74, 6) is 0.607. The van der Waals surface area contributed by atoms with Crippen LogP contribution in [-0.2, 0) is 6.54 Å². The lowest BCUT2D eigenvalue weighted by Gasteiger charge is -2.23. The van der Waals surface area contributed by atoms with Crippen LogP contribution in [0.3, 0.4) is 0 Å². The monoisotopic (exact) mass is 287 g/mol. The molecule has 1 aromatic heterocycles. The maximum Gasteiger partial charge on any atom is 0.252 e. The van der Waals surface area contributed by atoms with E-state index in [2.05, 4.69) is 27.2 Å². The third-order valence-corrected chi connectivity index (χ3v) is 3.27. The minimum atomic E-state index is -0.0957. The van der Waals surface area contributed by atoms with Crippen molar-refractivity contribution in [3.63, 3.8) is 0 Å². The number of anilines is 1. The summed E-state index contributed by atoms with van der Waals surface area (Å²) in [6.07, 6.45) is 1.15. The summed E-state index contributed by atoms with van der Waals surface area (Å²) < 4.78 is 0. The molecule has 1 fully saturated rings. The first-order chi connectivity index (χ1) is 8.56. The Labute approximate surface area is 119 Å². The molecule has 19 heavy (non-hydrogen) atoms. The highest BCUT2D eigenvalue weighted by Gasteiger charge is 2.19. The van der Waals surface area contributed by atoms with E-state index in [1.165, 1.54) is 0 Å². The van der Waals surface area contributed by atoms with Gasteiger partial charge in [-0.15, -0.1) is 12.4 Å². The van der Waals surface area contributed by atoms with Gasteiger partial charge in [-0.2, -0.15) is 0 Å². The molecule has 0 amide bonds. The van der Waals surface area contributed by atoms with Crippen LogP contribution in [0.5, 0.6) is 0 Å².